The molecule has 1 atom stereocenters. The average Bonchev–Trinajstić information content (AvgIpc) is 2.28. The SMILES string of the molecule is CC[C@H](N)c1cc(OC)c(O)c(OC)c1.Cl. The molecule has 1 aromatic rings. The van der Waals surface area contributed by atoms with E-state index in [0.717, 1.165) is 12.0 Å². The van der Waals surface area contributed by atoms with Crippen molar-refractivity contribution in [3.63, 3.8) is 0 Å². The molecule has 92 valence electrons. The van der Waals surface area contributed by atoms with E-state index in [1.165, 1.54) is 14.2 Å². The third-order valence-corrected chi connectivity index (χ3v) is 2.37. The normalized spacial score (nSPS) is 11.5. The molecule has 4 nitrogen and oxygen atoms in total. The molecule has 0 aliphatic heterocycles. The Bertz CT molecular complexity index is 319. The zero-order valence-corrected chi connectivity index (χ0v) is 10.5. The molecule has 0 radical (unpaired) electrons. The summed E-state index contributed by atoms with van der Waals surface area (Å²) in [7, 11) is 2.99. The van der Waals surface area contributed by atoms with Crippen LogP contribution in [-0.2, 0) is 0 Å². The van der Waals surface area contributed by atoms with E-state index in [1.807, 2.05) is 6.92 Å². The van der Waals surface area contributed by atoms with E-state index in [-0.39, 0.29) is 24.2 Å². The van der Waals surface area contributed by atoms with Gasteiger partial charge in [-0.15, -0.1) is 12.4 Å². The van der Waals surface area contributed by atoms with Gasteiger partial charge < -0.3 is 20.3 Å². The number of hydrogen-bond donors (Lipinski definition) is 2. The van der Waals surface area contributed by atoms with Crippen LogP contribution >= 0.6 is 12.4 Å². The van der Waals surface area contributed by atoms with Crippen molar-refractivity contribution < 1.29 is 14.6 Å². The first-order valence-electron chi connectivity index (χ1n) is 4.84. The summed E-state index contributed by atoms with van der Waals surface area (Å²) in [5.74, 6) is 0.772. The predicted octanol–water partition coefficient (Wildman–Crippen LogP) is 2.24. The Labute approximate surface area is 102 Å². The Morgan fingerprint density at radius 1 is 1.25 bits per heavy atom. The maximum atomic E-state index is 9.68. The Morgan fingerprint density at radius 3 is 2.00 bits per heavy atom. The zero-order chi connectivity index (χ0) is 11.4. The van der Waals surface area contributed by atoms with Gasteiger partial charge in [-0.1, -0.05) is 6.92 Å². The first kappa shape index (κ1) is 14.9. The summed E-state index contributed by atoms with van der Waals surface area (Å²) in [5, 5.41) is 9.68. The summed E-state index contributed by atoms with van der Waals surface area (Å²) in [6, 6.07) is 3.38. The van der Waals surface area contributed by atoms with Crippen LogP contribution in [0.4, 0.5) is 0 Å². The number of phenols is 1. The van der Waals surface area contributed by atoms with Gasteiger partial charge in [-0.05, 0) is 24.1 Å². The van der Waals surface area contributed by atoms with Crippen molar-refractivity contribution in [2.75, 3.05) is 14.2 Å². The second kappa shape index (κ2) is 6.45. The number of rotatable bonds is 4. The molecule has 0 heterocycles. The third kappa shape index (κ3) is 2.93. The van der Waals surface area contributed by atoms with E-state index >= 15 is 0 Å². The second-order valence-corrected chi connectivity index (χ2v) is 3.29. The van der Waals surface area contributed by atoms with Crippen LogP contribution in [-0.4, -0.2) is 19.3 Å². The van der Waals surface area contributed by atoms with Gasteiger partial charge in [-0.3, -0.25) is 0 Å². The Balaban J connectivity index is 0.00000225. The lowest BCUT2D eigenvalue weighted by molar-refractivity contribution is 0.338. The first-order chi connectivity index (χ1) is 7.13. The number of halogens is 1. The van der Waals surface area contributed by atoms with Gasteiger partial charge >= 0.3 is 0 Å². The molecule has 0 bridgehead atoms. The second-order valence-electron chi connectivity index (χ2n) is 3.29. The molecule has 0 fully saturated rings. The molecule has 0 unspecified atom stereocenters. The van der Waals surface area contributed by atoms with Crippen LogP contribution in [0, 0.1) is 0 Å². The lowest BCUT2D eigenvalue weighted by Crippen LogP contribution is -2.09. The summed E-state index contributed by atoms with van der Waals surface area (Å²) in [4.78, 5) is 0. The molecular weight excluding hydrogens is 230 g/mol. The Hall–Kier alpha value is -1.13. The van der Waals surface area contributed by atoms with E-state index in [2.05, 4.69) is 0 Å². The largest absolute Gasteiger partial charge is 0.502 e. The van der Waals surface area contributed by atoms with Gasteiger partial charge in [0.05, 0.1) is 14.2 Å². The number of ether oxygens (including phenoxy) is 2. The van der Waals surface area contributed by atoms with Gasteiger partial charge in [0.1, 0.15) is 0 Å². The number of aromatic hydroxyl groups is 1. The molecule has 5 heteroatoms. The molecular formula is C11H18ClNO3. The number of hydrogen-bond acceptors (Lipinski definition) is 4. The van der Waals surface area contributed by atoms with Crippen molar-refractivity contribution in [2.24, 2.45) is 5.73 Å². The van der Waals surface area contributed by atoms with Crippen LogP contribution in [0.5, 0.6) is 17.2 Å². The van der Waals surface area contributed by atoms with Gasteiger partial charge in [0.2, 0.25) is 5.75 Å². The highest BCUT2D eigenvalue weighted by Gasteiger charge is 2.13. The lowest BCUT2D eigenvalue weighted by atomic mass is 10.0. The van der Waals surface area contributed by atoms with Crippen molar-refractivity contribution in [3.8, 4) is 17.2 Å². The zero-order valence-electron chi connectivity index (χ0n) is 9.69. The van der Waals surface area contributed by atoms with Gasteiger partial charge in [0, 0.05) is 6.04 Å². The quantitative estimate of drug-likeness (QED) is 0.857. The fraction of sp³-hybridized carbons (Fsp3) is 0.455. The number of methoxy groups -OCH3 is 2. The molecule has 0 aliphatic rings. The summed E-state index contributed by atoms with van der Waals surface area (Å²) in [6.07, 6.45) is 0.817. The molecule has 0 aliphatic carbocycles. The van der Waals surface area contributed by atoms with Crippen molar-refractivity contribution in [1.29, 1.82) is 0 Å². The summed E-state index contributed by atoms with van der Waals surface area (Å²) < 4.78 is 10.1. The smallest absolute Gasteiger partial charge is 0.200 e. The van der Waals surface area contributed by atoms with E-state index < -0.39 is 0 Å². The van der Waals surface area contributed by atoms with Gasteiger partial charge in [0.15, 0.2) is 11.5 Å². The molecule has 0 saturated carbocycles. The number of phenolic OH excluding ortho intramolecular Hbond substituents is 1. The number of benzene rings is 1. The summed E-state index contributed by atoms with van der Waals surface area (Å²) >= 11 is 0. The molecule has 1 aromatic carbocycles. The average molecular weight is 248 g/mol. The molecule has 0 spiro atoms. The summed E-state index contributed by atoms with van der Waals surface area (Å²) in [5.41, 5.74) is 6.79. The summed E-state index contributed by atoms with van der Waals surface area (Å²) in [6.45, 7) is 2.00. The van der Waals surface area contributed by atoms with Crippen LogP contribution < -0.4 is 15.2 Å². The topological polar surface area (TPSA) is 64.7 Å². The van der Waals surface area contributed by atoms with Crippen LogP contribution in [0.15, 0.2) is 12.1 Å². The van der Waals surface area contributed by atoms with Crippen molar-refractivity contribution >= 4 is 12.4 Å². The monoisotopic (exact) mass is 247 g/mol. The van der Waals surface area contributed by atoms with Crippen LogP contribution in [0.1, 0.15) is 24.9 Å². The van der Waals surface area contributed by atoms with Crippen molar-refractivity contribution in [1.82, 2.24) is 0 Å². The van der Waals surface area contributed by atoms with Gasteiger partial charge in [-0.2, -0.15) is 0 Å². The Morgan fingerprint density at radius 2 is 1.69 bits per heavy atom. The first-order valence-corrected chi connectivity index (χ1v) is 4.84. The fourth-order valence-corrected chi connectivity index (χ4v) is 1.36. The molecule has 16 heavy (non-hydrogen) atoms. The molecule has 3 N–H and O–H groups in total. The highest BCUT2D eigenvalue weighted by Crippen LogP contribution is 2.38. The molecule has 0 saturated heterocycles. The molecule has 1 rings (SSSR count). The van der Waals surface area contributed by atoms with Crippen LogP contribution in [0.3, 0.4) is 0 Å². The lowest BCUT2D eigenvalue weighted by Gasteiger charge is -2.14. The Kier molecular flexibility index (Phi) is 6.00. The van der Waals surface area contributed by atoms with Gasteiger partial charge in [-0.25, -0.2) is 0 Å². The van der Waals surface area contributed by atoms with E-state index in [4.69, 9.17) is 15.2 Å². The van der Waals surface area contributed by atoms with Crippen LogP contribution in [0.2, 0.25) is 0 Å². The fourth-order valence-electron chi connectivity index (χ4n) is 1.36. The maximum Gasteiger partial charge on any atom is 0.200 e. The molecule has 0 amide bonds. The van der Waals surface area contributed by atoms with E-state index in [1.54, 1.807) is 12.1 Å². The minimum atomic E-state index is -0.0756. The van der Waals surface area contributed by atoms with E-state index in [0.29, 0.717) is 11.5 Å². The number of nitrogens with two attached hydrogens (primary N) is 1. The standard InChI is InChI=1S/C11H17NO3.ClH/c1-4-8(12)7-5-9(14-2)11(13)10(6-7)15-3;/h5-6,8,13H,4,12H2,1-3H3;1H/t8-;/m0./s1. The third-order valence-electron chi connectivity index (χ3n) is 2.37. The van der Waals surface area contributed by atoms with Crippen molar-refractivity contribution in [2.45, 2.75) is 19.4 Å². The maximum absolute atomic E-state index is 9.68. The minimum Gasteiger partial charge on any atom is -0.502 e. The van der Waals surface area contributed by atoms with E-state index in [9.17, 15) is 5.11 Å². The molecule has 0 aromatic heterocycles. The predicted molar refractivity (Wildman–Crippen MR) is 65.7 cm³/mol. The van der Waals surface area contributed by atoms with Crippen molar-refractivity contribution in [3.05, 3.63) is 17.7 Å². The highest BCUT2D eigenvalue weighted by atomic mass is 35.5. The van der Waals surface area contributed by atoms with Crippen LogP contribution in [0.25, 0.3) is 0 Å². The minimum absolute atomic E-state index is 0. The highest BCUT2D eigenvalue weighted by molar-refractivity contribution is 5.85. The van der Waals surface area contributed by atoms with Gasteiger partial charge in [0.25, 0.3) is 0 Å².